The monoisotopic (exact) mass is 358 g/mol. The number of carbonyl (C=O) groups is 3. The normalized spacial score (nSPS) is 17.5. The number of imide groups is 1. The molecule has 1 aromatic rings. The Hall–Kier alpha value is -2.21. The summed E-state index contributed by atoms with van der Waals surface area (Å²) in [6.07, 6.45) is 3.98. The van der Waals surface area contributed by atoms with Gasteiger partial charge in [0.05, 0.1) is 11.1 Å². The Morgan fingerprint density at radius 2 is 1.77 bits per heavy atom. The van der Waals surface area contributed by atoms with Crippen LogP contribution in [0.15, 0.2) is 24.3 Å². The van der Waals surface area contributed by atoms with Crippen LogP contribution in [0.2, 0.25) is 0 Å². The minimum absolute atomic E-state index is 0.0636. The van der Waals surface area contributed by atoms with Crippen molar-refractivity contribution in [1.29, 1.82) is 0 Å². The second-order valence-corrected chi connectivity index (χ2v) is 7.07. The molecule has 6 heteroatoms. The zero-order chi connectivity index (χ0) is 18.5. The summed E-state index contributed by atoms with van der Waals surface area (Å²) in [5, 5.41) is 0. The molecule has 3 rings (SSSR count). The van der Waals surface area contributed by atoms with Crippen molar-refractivity contribution in [3.63, 3.8) is 0 Å². The maximum Gasteiger partial charge on any atom is 0.261 e. The van der Waals surface area contributed by atoms with Gasteiger partial charge >= 0.3 is 0 Å². The fraction of sp³-hybridized carbons (Fsp3) is 0.550. The molecule has 1 saturated heterocycles. The molecule has 140 valence electrons. The second-order valence-electron chi connectivity index (χ2n) is 7.07. The molecule has 0 N–H and O–H groups in total. The van der Waals surface area contributed by atoms with E-state index in [9.17, 15) is 14.4 Å². The van der Waals surface area contributed by atoms with E-state index in [1.807, 2.05) is 7.05 Å². The number of benzene rings is 1. The van der Waals surface area contributed by atoms with Crippen LogP contribution in [0.1, 0.15) is 52.8 Å². The summed E-state index contributed by atoms with van der Waals surface area (Å²) in [4.78, 5) is 39.9. The van der Waals surface area contributed by atoms with Crippen LogP contribution < -0.4 is 0 Å². The van der Waals surface area contributed by atoms with Crippen molar-refractivity contribution >= 4 is 17.7 Å². The van der Waals surface area contributed by atoms with E-state index in [1.165, 1.54) is 4.90 Å². The quantitative estimate of drug-likeness (QED) is 0.702. The van der Waals surface area contributed by atoms with Crippen molar-refractivity contribution in [2.75, 3.05) is 33.4 Å². The number of amides is 3. The molecule has 0 radical (unpaired) electrons. The molecule has 2 aliphatic rings. The van der Waals surface area contributed by atoms with Crippen molar-refractivity contribution in [3.05, 3.63) is 35.4 Å². The minimum Gasteiger partial charge on any atom is -0.381 e. The van der Waals surface area contributed by atoms with Crippen LogP contribution in [0.25, 0.3) is 0 Å². The lowest BCUT2D eigenvalue weighted by Crippen LogP contribution is -2.33. The lowest BCUT2D eigenvalue weighted by molar-refractivity contribution is -0.130. The van der Waals surface area contributed by atoms with E-state index in [2.05, 4.69) is 0 Å². The first-order valence-electron chi connectivity index (χ1n) is 9.35. The standard InChI is InChI=1S/C20H26N2O4/c1-21(12-8-15-9-13-26-14-10-15)18(23)7-4-11-22-19(24)16-5-2-3-6-17(16)20(22)25/h2-3,5-6,15H,4,7-14H2,1H3. The summed E-state index contributed by atoms with van der Waals surface area (Å²) in [5.74, 6) is 0.183. The van der Waals surface area contributed by atoms with Crippen LogP contribution in [0, 0.1) is 5.92 Å². The molecule has 0 spiro atoms. The average Bonchev–Trinajstić information content (AvgIpc) is 2.92. The number of rotatable bonds is 7. The molecule has 1 aromatic carbocycles. The van der Waals surface area contributed by atoms with Crippen molar-refractivity contribution in [1.82, 2.24) is 9.80 Å². The zero-order valence-corrected chi connectivity index (χ0v) is 15.3. The smallest absolute Gasteiger partial charge is 0.261 e. The predicted molar refractivity (Wildman–Crippen MR) is 96.8 cm³/mol. The third-order valence-electron chi connectivity index (χ3n) is 5.29. The first-order chi connectivity index (χ1) is 12.6. The van der Waals surface area contributed by atoms with Gasteiger partial charge in [0.15, 0.2) is 0 Å². The van der Waals surface area contributed by atoms with Crippen LogP contribution in [-0.2, 0) is 9.53 Å². The Labute approximate surface area is 154 Å². The maximum atomic E-state index is 12.3. The second kappa shape index (κ2) is 8.45. The van der Waals surface area contributed by atoms with E-state index >= 15 is 0 Å². The third kappa shape index (κ3) is 4.12. The summed E-state index contributed by atoms with van der Waals surface area (Å²) in [7, 11) is 1.82. The first-order valence-corrected chi connectivity index (χ1v) is 9.35. The van der Waals surface area contributed by atoms with Gasteiger partial charge in [0, 0.05) is 39.8 Å². The molecule has 0 saturated carbocycles. The Bertz CT molecular complexity index is 647. The number of ether oxygens (including phenoxy) is 1. The highest BCUT2D eigenvalue weighted by Gasteiger charge is 2.34. The number of carbonyl (C=O) groups excluding carboxylic acids is 3. The molecule has 0 unspecified atom stereocenters. The molecule has 6 nitrogen and oxygen atoms in total. The van der Waals surface area contributed by atoms with E-state index in [4.69, 9.17) is 4.74 Å². The summed E-state index contributed by atoms with van der Waals surface area (Å²) in [6.45, 7) is 2.67. The van der Waals surface area contributed by atoms with Gasteiger partial charge in [-0.2, -0.15) is 0 Å². The highest BCUT2D eigenvalue weighted by molar-refractivity contribution is 6.21. The van der Waals surface area contributed by atoms with E-state index in [-0.39, 0.29) is 24.3 Å². The average molecular weight is 358 g/mol. The van der Waals surface area contributed by atoms with Gasteiger partial charge in [0.25, 0.3) is 11.8 Å². The molecule has 2 heterocycles. The van der Waals surface area contributed by atoms with E-state index < -0.39 is 0 Å². The maximum absolute atomic E-state index is 12.3. The number of hydrogen-bond acceptors (Lipinski definition) is 4. The number of hydrogen-bond donors (Lipinski definition) is 0. The van der Waals surface area contributed by atoms with Crippen LogP contribution in [-0.4, -0.2) is 60.9 Å². The molecule has 1 fully saturated rings. The molecule has 0 aromatic heterocycles. The fourth-order valence-electron chi connectivity index (χ4n) is 3.56. The van der Waals surface area contributed by atoms with Crippen molar-refractivity contribution in [2.24, 2.45) is 5.92 Å². The Kier molecular flexibility index (Phi) is 6.04. The first kappa shape index (κ1) is 18.6. The summed E-state index contributed by atoms with van der Waals surface area (Å²) in [6, 6.07) is 6.85. The molecular formula is C20H26N2O4. The topological polar surface area (TPSA) is 66.9 Å². The highest BCUT2D eigenvalue weighted by Crippen LogP contribution is 2.23. The third-order valence-corrected chi connectivity index (χ3v) is 5.29. The van der Waals surface area contributed by atoms with Gasteiger partial charge in [0.2, 0.25) is 5.91 Å². The van der Waals surface area contributed by atoms with Crippen molar-refractivity contribution in [3.8, 4) is 0 Å². The van der Waals surface area contributed by atoms with Crippen LogP contribution >= 0.6 is 0 Å². The van der Waals surface area contributed by atoms with Gasteiger partial charge in [-0.3, -0.25) is 19.3 Å². The van der Waals surface area contributed by atoms with Gasteiger partial charge in [0.1, 0.15) is 0 Å². The summed E-state index contributed by atoms with van der Waals surface area (Å²) >= 11 is 0. The number of nitrogens with zero attached hydrogens (tertiary/aromatic N) is 2. The Morgan fingerprint density at radius 1 is 1.15 bits per heavy atom. The van der Waals surface area contributed by atoms with Gasteiger partial charge in [-0.15, -0.1) is 0 Å². The van der Waals surface area contributed by atoms with Gasteiger partial charge in [-0.25, -0.2) is 0 Å². The Balaban J connectivity index is 1.41. The molecule has 0 atom stereocenters. The largest absolute Gasteiger partial charge is 0.381 e. The zero-order valence-electron chi connectivity index (χ0n) is 15.3. The molecule has 0 bridgehead atoms. The van der Waals surface area contributed by atoms with Crippen molar-refractivity contribution < 1.29 is 19.1 Å². The van der Waals surface area contributed by atoms with Gasteiger partial charge in [-0.1, -0.05) is 12.1 Å². The molecular weight excluding hydrogens is 332 g/mol. The van der Waals surface area contributed by atoms with Crippen LogP contribution in [0.5, 0.6) is 0 Å². The van der Waals surface area contributed by atoms with Crippen molar-refractivity contribution in [2.45, 2.75) is 32.1 Å². The lowest BCUT2D eigenvalue weighted by atomic mass is 9.96. The van der Waals surface area contributed by atoms with E-state index in [1.54, 1.807) is 29.2 Å². The molecule has 0 aliphatic carbocycles. The van der Waals surface area contributed by atoms with Gasteiger partial charge < -0.3 is 9.64 Å². The lowest BCUT2D eigenvalue weighted by Gasteiger charge is -2.25. The molecule has 2 aliphatic heterocycles. The number of fused-ring (bicyclic) bond motifs is 1. The SMILES string of the molecule is CN(CCC1CCOCC1)C(=O)CCCN1C(=O)c2ccccc2C1=O. The van der Waals surface area contributed by atoms with Gasteiger partial charge in [-0.05, 0) is 43.7 Å². The minimum atomic E-state index is -0.258. The summed E-state index contributed by atoms with van der Waals surface area (Å²) < 4.78 is 5.36. The summed E-state index contributed by atoms with van der Waals surface area (Å²) in [5.41, 5.74) is 0.912. The van der Waals surface area contributed by atoms with E-state index in [0.717, 1.165) is 39.0 Å². The predicted octanol–water partition coefficient (Wildman–Crippen LogP) is 2.34. The van der Waals surface area contributed by atoms with Crippen LogP contribution in [0.3, 0.4) is 0 Å². The highest BCUT2D eigenvalue weighted by atomic mass is 16.5. The van der Waals surface area contributed by atoms with Crippen LogP contribution in [0.4, 0.5) is 0 Å². The fourth-order valence-corrected chi connectivity index (χ4v) is 3.56. The molecule has 26 heavy (non-hydrogen) atoms. The molecule has 3 amide bonds. The Morgan fingerprint density at radius 3 is 2.38 bits per heavy atom. The van der Waals surface area contributed by atoms with E-state index in [0.29, 0.717) is 29.9 Å².